The highest BCUT2D eigenvalue weighted by molar-refractivity contribution is 5.76. The molecule has 0 unspecified atom stereocenters. The van der Waals surface area contributed by atoms with Gasteiger partial charge in [0.05, 0.1) is 28.7 Å². The zero-order valence-electron chi connectivity index (χ0n) is 25.3. The van der Waals surface area contributed by atoms with E-state index in [1.54, 1.807) is 10.9 Å². The third kappa shape index (κ3) is 6.04. The lowest BCUT2D eigenvalue weighted by Gasteiger charge is -2.47. The van der Waals surface area contributed by atoms with E-state index in [-0.39, 0.29) is 14.1 Å². The summed E-state index contributed by atoms with van der Waals surface area (Å²) in [7, 11) is 1.86. The van der Waals surface area contributed by atoms with Gasteiger partial charge in [-0.05, 0) is 51.3 Å². The fraction of sp³-hybridized carbons (Fsp3) is 0.516. The summed E-state index contributed by atoms with van der Waals surface area (Å²) in [6.07, 6.45) is 6.85. The molecule has 3 aliphatic heterocycles. The summed E-state index contributed by atoms with van der Waals surface area (Å²) < 4.78 is 13.5. The molecule has 1 aromatic carbocycles. The molecule has 6 rings (SSSR count). The number of aryl methyl sites for hydroxylation is 1. The molecule has 1 amide bonds. The third-order valence-corrected chi connectivity index (χ3v) is 7.78. The fourth-order valence-electron chi connectivity index (χ4n) is 5.70. The van der Waals surface area contributed by atoms with E-state index in [0.717, 1.165) is 54.0 Å². The highest BCUT2D eigenvalue weighted by atomic mass is 16.6. The molecule has 0 aliphatic carbocycles. The Labute approximate surface area is 248 Å². The van der Waals surface area contributed by atoms with Gasteiger partial charge in [-0.25, -0.2) is 14.8 Å². The molecule has 11 nitrogen and oxygen atoms in total. The van der Waals surface area contributed by atoms with E-state index in [4.69, 9.17) is 9.47 Å². The number of benzene rings is 1. The van der Waals surface area contributed by atoms with Crippen LogP contribution in [0, 0.1) is 11.3 Å². The lowest BCUT2D eigenvalue weighted by Crippen LogP contribution is -2.55. The minimum atomic E-state index is -0.481. The number of aromatic nitrogens is 4. The van der Waals surface area contributed by atoms with Gasteiger partial charge in [0.15, 0.2) is 5.75 Å². The number of carbonyl (C=O) groups excluding carboxylic acids is 1. The van der Waals surface area contributed by atoms with Gasteiger partial charge < -0.3 is 19.7 Å². The van der Waals surface area contributed by atoms with Crippen LogP contribution in [0.15, 0.2) is 30.9 Å². The number of hydrogen-bond acceptors (Lipinski definition) is 9. The van der Waals surface area contributed by atoms with Crippen molar-refractivity contribution in [3.63, 3.8) is 0 Å². The summed E-state index contributed by atoms with van der Waals surface area (Å²) in [6, 6.07) is 6.82. The van der Waals surface area contributed by atoms with E-state index < -0.39 is 5.60 Å². The zero-order valence-corrected chi connectivity index (χ0v) is 25.3. The van der Waals surface area contributed by atoms with E-state index in [2.05, 4.69) is 37.4 Å². The second kappa shape index (κ2) is 12.0. The van der Waals surface area contributed by atoms with E-state index in [0.29, 0.717) is 42.2 Å². The van der Waals surface area contributed by atoms with Crippen molar-refractivity contribution in [1.82, 2.24) is 29.5 Å². The highest BCUT2D eigenvalue weighted by Crippen LogP contribution is 2.42. The number of ether oxygens (including phenoxy) is 2. The molecular weight excluding hydrogens is 532 g/mol. The molecule has 3 aliphatic rings. The van der Waals surface area contributed by atoms with Crippen LogP contribution in [0.4, 0.5) is 16.3 Å². The molecule has 2 fully saturated rings. The molecule has 42 heavy (non-hydrogen) atoms. The summed E-state index contributed by atoms with van der Waals surface area (Å²) in [5.74, 6) is 1.52. The number of nitrogens with one attached hydrogen (secondary N) is 1. The van der Waals surface area contributed by atoms with E-state index in [9.17, 15) is 10.1 Å². The first-order valence-electron chi connectivity index (χ1n) is 14.7. The maximum Gasteiger partial charge on any atom is 0.410 e. The van der Waals surface area contributed by atoms with Crippen LogP contribution in [0.25, 0.3) is 11.3 Å². The zero-order chi connectivity index (χ0) is 30.0. The lowest BCUT2D eigenvalue weighted by atomic mass is 9.87. The predicted molar refractivity (Wildman–Crippen MR) is 162 cm³/mol. The molecule has 3 aromatic rings. The Hall–Kier alpha value is -4.17. The maximum atomic E-state index is 12.4. The molecule has 5 heterocycles. The summed E-state index contributed by atoms with van der Waals surface area (Å²) >= 11 is 0. The lowest BCUT2D eigenvalue weighted by molar-refractivity contribution is 0.00591. The molecule has 11 heteroatoms. The Balaban J connectivity index is 0.00000138. The normalized spacial score (nSPS) is 17.2. The standard InChI is InChI=1S/C29H34N8O3.C2H6.H2/c1-29(2,3)40-28(38)36-7-5-22(6-8-36)37-14-21(15-37)18-9-19(11-30)26-24(10-18)34-27-23(16-39-26)25(31-17-32-27)20-12-33-35(4)13-20;1-2;/h9-10,12-13,17,21-22H,5-8,14-16H2,1-4H3,(H,31,32,34);1-2H3;1H. The van der Waals surface area contributed by atoms with Crippen molar-refractivity contribution >= 4 is 17.6 Å². The van der Waals surface area contributed by atoms with Crippen molar-refractivity contribution in [3.05, 3.63) is 47.5 Å². The second-order valence-corrected chi connectivity index (χ2v) is 11.8. The van der Waals surface area contributed by atoms with Crippen LogP contribution < -0.4 is 10.1 Å². The monoisotopic (exact) mass is 574 g/mol. The van der Waals surface area contributed by atoms with E-state index in [1.807, 2.05) is 58.8 Å². The van der Waals surface area contributed by atoms with Crippen molar-refractivity contribution in [2.75, 3.05) is 31.5 Å². The average molecular weight is 575 g/mol. The molecule has 0 saturated carbocycles. The van der Waals surface area contributed by atoms with Crippen LogP contribution >= 0.6 is 0 Å². The van der Waals surface area contributed by atoms with E-state index >= 15 is 0 Å². The number of rotatable bonds is 3. The molecule has 224 valence electrons. The summed E-state index contributed by atoms with van der Waals surface area (Å²) in [5, 5.41) is 17.7. The number of anilines is 2. The maximum absolute atomic E-state index is 12.4. The first-order valence-corrected chi connectivity index (χ1v) is 14.7. The van der Waals surface area contributed by atoms with Gasteiger partial charge >= 0.3 is 6.09 Å². The smallest absolute Gasteiger partial charge is 0.410 e. The molecular formula is C31H42N8O3. The Bertz CT molecular complexity index is 1480. The van der Waals surface area contributed by atoms with Gasteiger partial charge in [-0.1, -0.05) is 13.8 Å². The number of carbonyl (C=O) groups is 1. The minimum Gasteiger partial charge on any atom is -0.485 e. The van der Waals surface area contributed by atoms with Crippen molar-refractivity contribution in [2.45, 2.75) is 71.6 Å². The first kappa shape index (κ1) is 29.3. The van der Waals surface area contributed by atoms with Gasteiger partial charge in [-0.3, -0.25) is 9.58 Å². The minimum absolute atomic E-state index is 0. The number of likely N-dealkylation sites (tertiary alicyclic amines) is 2. The van der Waals surface area contributed by atoms with Gasteiger partial charge in [0.1, 0.15) is 30.4 Å². The van der Waals surface area contributed by atoms with Crippen LogP contribution in [0.1, 0.15) is 71.5 Å². The first-order chi connectivity index (χ1) is 20.2. The molecule has 0 radical (unpaired) electrons. The Kier molecular flexibility index (Phi) is 8.36. The largest absolute Gasteiger partial charge is 0.485 e. The summed E-state index contributed by atoms with van der Waals surface area (Å²) in [5.41, 5.74) is 4.34. The fourth-order valence-corrected chi connectivity index (χ4v) is 5.70. The van der Waals surface area contributed by atoms with Gasteiger partial charge in [-0.15, -0.1) is 0 Å². The van der Waals surface area contributed by atoms with Crippen molar-refractivity contribution in [2.24, 2.45) is 7.05 Å². The Morgan fingerprint density at radius 1 is 1.19 bits per heavy atom. The molecule has 0 atom stereocenters. The van der Waals surface area contributed by atoms with Crippen molar-refractivity contribution in [1.29, 1.82) is 5.26 Å². The topological polar surface area (TPSA) is 121 Å². The van der Waals surface area contributed by atoms with E-state index in [1.165, 1.54) is 6.33 Å². The predicted octanol–water partition coefficient (Wildman–Crippen LogP) is 5.46. The van der Waals surface area contributed by atoms with Gasteiger partial charge in [0.2, 0.25) is 0 Å². The molecule has 2 saturated heterocycles. The Morgan fingerprint density at radius 3 is 2.57 bits per heavy atom. The van der Waals surface area contributed by atoms with Gasteiger partial charge in [-0.2, -0.15) is 10.4 Å². The number of hydrogen-bond donors (Lipinski definition) is 1. The summed E-state index contributed by atoms with van der Waals surface area (Å²) in [6.45, 7) is 13.2. The average Bonchev–Trinajstić information content (AvgIpc) is 3.28. The number of nitrogens with zero attached hydrogens (tertiary/aromatic N) is 7. The van der Waals surface area contributed by atoms with Gasteiger partial charge in [0, 0.05) is 58.4 Å². The highest BCUT2D eigenvalue weighted by Gasteiger charge is 2.37. The SMILES string of the molecule is CC.Cn1cc(-c2ncnc3c2COc2c(C#N)cc(C4CN(C5CCN(C(=O)OC(C)(C)C)CC5)C4)cc2N3)cn1.[HH]. The Morgan fingerprint density at radius 2 is 1.93 bits per heavy atom. The number of amides is 1. The summed E-state index contributed by atoms with van der Waals surface area (Å²) in [4.78, 5) is 25.7. The molecule has 0 spiro atoms. The van der Waals surface area contributed by atoms with Crippen LogP contribution in [-0.4, -0.2) is 73.5 Å². The van der Waals surface area contributed by atoms with Crippen LogP contribution in [-0.2, 0) is 18.4 Å². The quantitative estimate of drug-likeness (QED) is 0.435. The molecule has 2 aromatic heterocycles. The van der Waals surface area contributed by atoms with Crippen molar-refractivity contribution in [3.8, 4) is 23.1 Å². The van der Waals surface area contributed by atoms with Crippen molar-refractivity contribution < 1.29 is 15.7 Å². The van der Waals surface area contributed by atoms with Crippen LogP contribution in [0.3, 0.4) is 0 Å². The number of fused-ring (bicyclic) bond motifs is 2. The number of nitriles is 1. The second-order valence-electron chi connectivity index (χ2n) is 11.8. The van der Waals surface area contributed by atoms with Crippen LogP contribution in [0.2, 0.25) is 0 Å². The third-order valence-electron chi connectivity index (χ3n) is 7.78. The molecule has 0 bridgehead atoms. The number of piperidine rings is 1. The van der Waals surface area contributed by atoms with Gasteiger partial charge in [0.25, 0.3) is 0 Å². The van der Waals surface area contributed by atoms with Crippen LogP contribution in [0.5, 0.6) is 5.75 Å². The molecule has 1 N–H and O–H groups in total.